The lowest BCUT2D eigenvalue weighted by Gasteiger charge is -2.10. The fourth-order valence-electron chi connectivity index (χ4n) is 0.918. The summed E-state index contributed by atoms with van der Waals surface area (Å²) in [7, 11) is 0. The standard InChI is InChI=1S/C10H12O2/c1-2-10(11)12-8-9-6-4-3-5-7-9/h4,6,9H,2,7-8H2,1H3. The molecule has 0 saturated heterocycles. The van der Waals surface area contributed by atoms with E-state index < -0.39 is 0 Å². The SMILES string of the molecule is CCC(=O)OCC1C=CC#CC1. The first kappa shape index (κ1) is 8.86. The molecule has 0 N–H and O–H groups in total. The minimum absolute atomic E-state index is 0.137. The molecule has 0 amide bonds. The zero-order valence-corrected chi connectivity index (χ0v) is 7.17. The lowest BCUT2D eigenvalue weighted by atomic mass is 10.0. The van der Waals surface area contributed by atoms with Crippen molar-refractivity contribution in [3.63, 3.8) is 0 Å². The van der Waals surface area contributed by atoms with E-state index in [2.05, 4.69) is 11.8 Å². The first-order valence-electron chi connectivity index (χ1n) is 4.13. The number of esters is 1. The Hall–Kier alpha value is -1.23. The van der Waals surface area contributed by atoms with Gasteiger partial charge in [0, 0.05) is 18.8 Å². The summed E-state index contributed by atoms with van der Waals surface area (Å²) in [5.74, 6) is 5.95. The van der Waals surface area contributed by atoms with Crippen molar-refractivity contribution in [3.05, 3.63) is 12.2 Å². The fraction of sp³-hybridized carbons (Fsp3) is 0.500. The summed E-state index contributed by atoms with van der Waals surface area (Å²) in [6, 6.07) is 0. The molecule has 0 bridgehead atoms. The number of allylic oxidation sites excluding steroid dienone is 1. The normalized spacial score (nSPS) is 19.6. The highest BCUT2D eigenvalue weighted by Gasteiger charge is 2.07. The van der Waals surface area contributed by atoms with Crippen LogP contribution in [0.3, 0.4) is 0 Å². The van der Waals surface area contributed by atoms with Crippen molar-refractivity contribution in [2.75, 3.05) is 6.61 Å². The molecule has 0 saturated carbocycles. The molecule has 0 aromatic rings. The van der Waals surface area contributed by atoms with E-state index in [4.69, 9.17) is 4.74 Å². The van der Waals surface area contributed by atoms with Crippen molar-refractivity contribution >= 4 is 5.97 Å². The van der Waals surface area contributed by atoms with E-state index in [0.29, 0.717) is 18.9 Å². The predicted octanol–water partition coefficient (Wildman–Crippen LogP) is 1.52. The molecule has 1 atom stereocenters. The molecule has 0 spiro atoms. The van der Waals surface area contributed by atoms with Crippen molar-refractivity contribution in [2.24, 2.45) is 5.92 Å². The number of hydrogen-bond acceptors (Lipinski definition) is 2. The van der Waals surface area contributed by atoms with Crippen LogP contribution in [0.5, 0.6) is 0 Å². The zero-order valence-electron chi connectivity index (χ0n) is 7.17. The maximum Gasteiger partial charge on any atom is 0.305 e. The van der Waals surface area contributed by atoms with Gasteiger partial charge in [-0.25, -0.2) is 0 Å². The van der Waals surface area contributed by atoms with Crippen LogP contribution >= 0.6 is 0 Å². The maximum absolute atomic E-state index is 10.8. The van der Waals surface area contributed by atoms with Gasteiger partial charge < -0.3 is 4.74 Å². The first-order chi connectivity index (χ1) is 5.83. The molecule has 2 heteroatoms. The summed E-state index contributed by atoms with van der Waals surface area (Å²) in [5, 5.41) is 0. The molecule has 1 aliphatic rings. The van der Waals surface area contributed by atoms with Crippen molar-refractivity contribution in [1.29, 1.82) is 0 Å². The van der Waals surface area contributed by atoms with E-state index in [-0.39, 0.29) is 5.97 Å². The average molecular weight is 164 g/mol. The Bertz CT molecular complexity index is 242. The molecule has 1 rings (SSSR count). The predicted molar refractivity (Wildman–Crippen MR) is 46.3 cm³/mol. The van der Waals surface area contributed by atoms with Crippen LogP contribution in [-0.4, -0.2) is 12.6 Å². The van der Waals surface area contributed by atoms with Crippen LogP contribution in [0, 0.1) is 17.8 Å². The van der Waals surface area contributed by atoms with Gasteiger partial charge in [0.2, 0.25) is 0 Å². The van der Waals surface area contributed by atoms with Crippen LogP contribution < -0.4 is 0 Å². The number of hydrogen-bond donors (Lipinski definition) is 0. The number of rotatable bonds is 3. The Balaban J connectivity index is 2.21. The third-order valence-corrected chi connectivity index (χ3v) is 1.67. The Kier molecular flexibility index (Phi) is 3.40. The fourth-order valence-corrected chi connectivity index (χ4v) is 0.918. The number of carbonyl (C=O) groups is 1. The summed E-state index contributed by atoms with van der Waals surface area (Å²) < 4.78 is 4.97. The second-order valence-corrected chi connectivity index (χ2v) is 2.68. The smallest absolute Gasteiger partial charge is 0.305 e. The Morgan fingerprint density at radius 2 is 2.58 bits per heavy atom. The van der Waals surface area contributed by atoms with Crippen LogP contribution in [0.2, 0.25) is 0 Å². The molecule has 2 nitrogen and oxygen atoms in total. The van der Waals surface area contributed by atoms with E-state index in [1.165, 1.54) is 0 Å². The van der Waals surface area contributed by atoms with Gasteiger partial charge in [-0.05, 0) is 6.08 Å². The van der Waals surface area contributed by atoms with Crippen LogP contribution in [0.4, 0.5) is 0 Å². The van der Waals surface area contributed by atoms with Crippen molar-refractivity contribution in [2.45, 2.75) is 19.8 Å². The van der Waals surface area contributed by atoms with E-state index in [9.17, 15) is 4.79 Å². The number of carbonyl (C=O) groups excluding carboxylic acids is 1. The van der Waals surface area contributed by atoms with E-state index in [0.717, 1.165) is 6.42 Å². The maximum atomic E-state index is 10.8. The van der Waals surface area contributed by atoms with Crippen molar-refractivity contribution in [1.82, 2.24) is 0 Å². The second kappa shape index (κ2) is 4.61. The molecule has 0 radical (unpaired) electrons. The minimum Gasteiger partial charge on any atom is -0.465 e. The topological polar surface area (TPSA) is 26.3 Å². The molecular weight excluding hydrogens is 152 g/mol. The molecule has 0 aromatic heterocycles. The minimum atomic E-state index is -0.137. The summed E-state index contributed by atoms with van der Waals surface area (Å²) in [6.07, 6.45) is 5.04. The van der Waals surface area contributed by atoms with Gasteiger partial charge in [0.25, 0.3) is 0 Å². The van der Waals surface area contributed by atoms with Crippen LogP contribution in [-0.2, 0) is 9.53 Å². The third kappa shape index (κ3) is 2.79. The van der Waals surface area contributed by atoms with Gasteiger partial charge in [0.15, 0.2) is 0 Å². The highest BCUT2D eigenvalue weighted by Crippen LogP contribution is 2.08. The summed E-state index contributed by atoms with van der Waals surface area (Å²) in [5.41, 5.74) is 0. The Labute approximate surface area is 72.6 Å². The van der Waals surface area contributed by atoms with E-state index >= 15 is 0 Å². The van der Waals surface area contributed by atoms with Gasteiger partial charge in [-0.15, -0.1) is 0 Å². The summed E-state index contributed by atoms with van der Waals surface area (Å²) in [4.78, 5) is 10.8. The summed E-state index contributed by atoms with van der Waals surface area (Å²) >= 11 is 0. The second-order valence-electron chi connectivity index (χ2n) is 2.68. The van der Waals surface area contributed by atoms with E-state index in [1.807, 2.05) is 12.2 Å². The quantitative estimate of drug-likeness (QED) is 0.467. The van der Waals surface area contributed by atoms with Crippen LogP contribution in [0.25, 0.3) is 0 Å². The van der Waals surface area contributed by atoms with Gasteiger partial charge >= 0.3 is 5.97 Å². The highest BCUT2D eigenvalue weighted by molar-refractivity contribution is 5.68. The van der Waals surface area contributed by atoms with E-state index in [1.54, 1.807) is 6.92 Å². The molecule has 1 aliphatic carbocycles. The Morgan fingerprint density at radius 1 is 1.75 bits per heavy atom. The molecule has 0 heterocycles. The van der Waals surface area contributed by atoms with Gasteiger partial charge in [-0.1, -0.05) is 24.8 Å². The lowest BCUT2D eigenvalue weighted by molar-refractivity contribution is -0.144. The zero-order chi connectivity index (χ0) is 8.81. The lowest BCUT2D eigenvalue weighted by Crippen LogP contribution is -2.12. The molecule has 0 aliphatic heterocycles. The van der Waals surface area contributed by atoms with Crippen LogP contribution in [0.1, 0.15) is 19.8 Å². The Morgan fingerprint density at radius 3 is 3.17 bits per heavy atom. The molecule has 0 aromatic carbocycles. The molecule has 0 fully saturated rings. The third-order valence-electron chi connectivity index (χ3n) is 1.67. The van der Waals surface area contributed by atoms with Crippen molar-refractivity contribution in [3.8, 4) is 11.8 Å². The molecular formula is C10H12O2. The van der Waals surface area contributed by atoms with Gasteiger partial charge in [0.1, 0.15) is 0 Å². The molecule has 64 valence electrons. The van der Waals surface area contributed by atoms with Gasteiger partial charge in [-0.2, -0.15) is 0 Å². The van der Waals surface area contributed by atoms with Crippen LogP contribution in [0.15, 0.2) is 12.2 Å². The number of ether oxygens (including phenoxy) is 1. The molecule has 1 unspecified atom stereocenters. The van der Waals surface area contributed by atoms with Gasteiger partial charge in [0.05, 0.1) is 6.61 Å². The average Bonchev–Trinajstić information content (AvgIpc) is 2.16. The summed E-state index contributed by atoms with van der Waals surface area (Å²) in [6.45, 7) is 2.26. The largest absolute Gasteiger partial charge is 0.465 e. The molecule has 12 heavy (non-hydrogen) atoms. The monoisotopic (exact) mass is 164 g/mol. The van der Waals surface area contributed by atoms with Crippen molar-refractivity contribution < 1.29 is 9.53 Å². The van der Waals surface area contributed by atoms with Gasteiger partial charge in [-0.3, -0.25) is 4.79 Å². The first-order valence-corrected chi connectivity index (χ1v) is 4.13. The highest BCUT2D eigenvalue weighted by atomic mass is 16.5.